The molecule has 29 heavy (non-hydrogen) atoms. The van der Waals surface area contributed by atoms with Crippen LogP contribution in [0.2, 0.25) is 0 Å². The zero-order valence-electron chi connectivity index (χ0n) is 14.7. The number of furan rings is 1. The number of amides is 1. The van der Waals surface area contributed by atoms with Gasteiger partial charge in [0.2, 0.25) is 0 Å². The molecule has 1 amide bonds. The van der Waals surface area contributed by atoms with Crippen molar-refractivity contribution in [3.8, 4) is 22.9 Å². The number of carbonyl (C=O) groups is 1. The van der Waals surface area contributed by atoms with Gasteiger partial charge in [0.15, 0.2) is 16.5 Å². The van der Waals surface area contributed by atoms with Crippen molar-refractivity contribution in [3.63, 3.8) is 0 Å². The molecular weight excluding hydrogens is 392 g/mol. The summed E-state index contributed by atoms with van der Waals surface area (Å²) in [5, 5.41) is 10.6. The van der Waals surface area contributed by atoms with E-state index in [4.69, 9.17) is 14.6 Å². The third-order valence-electron chi connectivity index (χ3n) is 4.07. The summed E-state index contributed by atoms with van der Waals surface area (Å²) in [4.78, 5) is 21.7. The molecule has 0 saturated heterocycles. The first-order chi connectivity index (χ1) is 14.2. The molecule has 1 aromatic carbocycles. The standard InChI is InChI=1S/C19H12N6O3S/c20-18-22-15-14(29-18)11(9-12(21-15)10-5-2-1-3-6-10)16(26)23-19-25-24-17(28-19)13-7-4-8-27-13/h1-9H,(H2,20,21,22)(H,23,25,26). The Morgan fingerprint density at radius 3 is 2.72 bits per heavy atom. The summed E-state index contributed by atoms with van der Waals surface area (Å²) < 4.78 is 11.2. The van der Waals surface area contributed by atoms with Crippen LogP contribution in [0.1, 0.15) is 10.4 Å². The van der Waals surface area contributed by atoms with Gasteiger partial charge in [-0.15, -0.1) is 5.10 Å². The van der Waals surface area contributed by atoms with E-state index < -0.39 is 5.91 Å². The summed E-state index contributed by atoms with van der Waals surface area (Å²) in [7, 11) is 0. The molecule has 3 N–H and O–H groups in total. The van der Waals surface area contributed by atoms with E-state index in [-0.39, 0.29) is 11.9 Å². The second-order valence-electron chi connectivity index (χ2n) is 5.97. The molecule has 0 fully saturated rings. The number of carbonyl (C=O) groups excluding carboxylic acids is 1. The van der Waals surface area contributed by atoms with Crippen LogP contribution in [0.15, 0.2) is 63.6 Å². The lowest BCUT2D eigenvalue weighted by Gasteiger charge is -2.06. The molecule has 4 aromatic heterocycles. The highest BCUT2D eigenvalue weighted by Gasteiger charge is 2.20. The number of nitrogens with two attached hydrogens (primary N) is 1. The quantitative estimate of drug-likeness (QED) is 0.462. The van der Waals surface area contributed by atoms with Gasteiger partial charge in [0.1, 0.15) is 0 Å². The number of nitrogens with zero attached hydrogens (tertiary/aromatic N) is 4. The van der Waals surface area contributed by atoms with Crippen LogP contribution in [-0.4, -0.2) is 26.1 Å². The van der Waals surface area contributed by atoms with Crippen molar-refractivity contribution in [3.05, 3.63) is 60.4 Å². The number of fused-ring (bicyclic) bond motifs is 1. The second kappa shape index (κ2) is 6.84. The molecule has 10 heteroatoms. The van der Waals surface area contributed by atoms with E-state index in [1.54, 1.807) is 18.2 Å². The maximum Gasteiger partial charge on any atom is 0.322 e. The summed E-state index contributed by atoms with van der Waals surface area (Å²) >= 11 is 1.19. The number of hydrogen-bond acceptors (Lipinski definition) is 9. The van der Waals surface area contributed by atoms with E-state index in [0.29, 0.717) is 32.5 Å². The fraction of sp³-hybridized carbons (Fsp3) is 0. The van der Waals surface area contributed by atoms with Gasteiger partial charge >= 0.3 is 6.01 Å². The van der Waals surface area contributed by atoms with Gasteiger partial charge in [-0.05, 0) is 18.2 Å². The summed E-state index contributed by atoms with van der Waals surface area (Å²) in [6.45, 7) is 0. The van der Waals surface area contributed by atoms with Crippen molar-refractivity contribution in [2.75, 3.05) is 11.1 Å². The summed E-state index contributed by atoms with van der Waals surface area (Å²) in [5.74, 6) is 0.135. The number of thiazole rings is 1. The van der Waals surface area contributed by atoms with Gasteiger partial charge in [0, 0.05) is 5.56 Å². The van der Waals surface area contributed by atoms with Gasteiger partial charge in [-0.2, -0.15) is 0 Å². The van der Waals surface area contributed by atoms with E-state index in [1.165, 1.54) is 17.6 Å². The number of rotatable bonds is 4. The van der Waals surface area contributed by atoms with Crippen LogP contribution in [0, 0.1) is 0 Å². The Labute approximate surface area is 167 Å². The highest BCUT2D eigenvalue weighted by Crippen LogP contribution is 2.30. The average molecular weight is 404 g/mol. The topological polar surface area (TPSA) is 133 Å². The van der Waals surface area contributed by atoms with Gasteiger partial charge in [-0.25, -0.2) is 9.97 Å². The molecule has 4 heterocycles. The van der Waals surface area contributed by atoms with E-state index in [1.807, 2.05) is 30.3 Å². The minimum Gasteiger partial charge on any atom is -0.459 e. The van der Waals surface area contributed by atoms with Crippen molar-refractivity contribution in [1.82, 2.24) is 20.2 Å². The fourth-order valence-electron chi connectivity index (χ4n) is 2.79. The minimum atomic E-state index is -0.437. The fourth-order valence-corrected chi connectivity index (χ4v) is 3.58. The van der Waals surface area contributed by atoms with Gasteiger partial charge in [-0.3, -0.25) is 10.1 Å². The summed E-state index contributed by atoms with van der Waals surface area (Å²) in [6.07, 6.45) is 1.49. The van der Waals surface area contributed by atoms with E-state index in [9.17, 15) is 4.79 Å². The van der Waals surface area contributed by atoms with Crippen LogP contribution in [0.3, 0.4) is 0 Å². The first-order valence-electron chi connectivity index (χ1n) is 8.48. The normalized spacial score (nSPS) is 11.0. The monoisotopic (exact) mass is 404 g/mol. The first-order valence-corrected chi connectivity index (χ1v) is 9.30. The summed E-state index contributed by atoms with van der Waals surface area (Å²) in [5.41, 5.74) is 8.07. The van der Waals surface area contributed by atoms with Gasteiger partial charge in [0.05, 0.1) is 22.2 Å². The molecule has 0 aliphatic heterocycles. The smallest absolute Gasteiger partial charge is 0.322 e. The Morgan fingerprint density at radius 1 is 1.07 bits per heavy atom. The predicted octanol–water partition coefficient (Wildman–Crippen LogP) is 3.84. The van der Waals surface area contributed by atoms with Gasteiger partial charge in [0.25, 0.3) is 11.8 Å². The molecule has 0 bridgehead atoms. The molecule has 0 spiro atoms. The lowest BCUT2D eigenvalue weighted by molar-refractivity contribution is 0.102. The molecule has 0 aliphatic carbocycles. The van der Waals surface area contributed by atoms with Crippen LogP contribution < -0.4 is 11.1 Å². The second-order valence-corrected chi connectivity index (χ2v) is 7.00. The van der Waals surface area contributed by atoms with Crippen LogP contribution in [0.5, 0.6) is 0 Å². The molecular formula is C19H12N6O3S. The number of anilines is 2. The Hall–Kier alpha value is -4.05. The van der Waals surface area contributed by atoms with Gasteiger partial charge < -0.3 is 14.6 Å². The molecule has 0 atom stereocenters. The highest BCUT2D eigenvalue weighted by molar-refractivity contribution is 7.22. The number of benzene rings is 1. The van der Waals surface area contributed by atoms with Crippen LogP contribution in [-0.2, 0) is 0 Å². The van der Waals surface area contributed by atoms with Crippen LogP contribution in [0.4, 0.5) is 11.1 Å². The number of hydrogen-bond donors (Lipinski definition) is 2. The predicted molar refractivity (Wildman–Crippen MR) is 107 cm³/mol. The SMILES string of the molecule is Nc1nc2nc(-c3ccccc3)cc(C(=O)Nc3nnc(-c4ccco4)o3)c2s1. The largest absolute Gasteiger partial charge is 0.459 e. The molecule has 5 rings (SSSR count). The van der Waals surface area contributed by atoms with Crippen molar-refractivity contribution in [2.24, 2.45) is 0 Å². The Bertz CT molecular complexity index is 1310. The maximum atomic E-state index is 13.0. The molecule has 0 aliphatic rings. The van der Waals surface area contributed by atoms with Gasteiger partial charge in [-0.1, -0.05) is 46.8 Å². The Balaban J connectivity index is 1.52. The molecule has 5 aromatic rings. The average Bonchev–Trinajstić information content (AvgIpc) is 3.47. The minimum absolute atomic E-state index is 0.0508. The summed E-state index contributed by atoms with van der Waals surface area (Å²) in [6, 6.07) is 14.5. The number of nitrogens with one attached hydrogen (secondary N) is 1. The third kappa shape index (κ3) is 3.21. The lowest BCUT2D eigenvalue weighted by Crippen LogP contribution is -2.13. The van der Waals surface area contributed by atoms with Crippen LogP contribution in [0.25, 0.3) is 33.3 Å². The van der Waals surface area contributed by atoms with E-state index in [0.717, 1.165) is 5.56 Å². The first kappa shape index (κ1) is 17.1. The van der Waals surface area contributed by atoms with Crippen molar-refractivity contribution >= 4 is 38.7 Å². The zero-order chi connectivity index (χ0) is 19.8. The lowest BCUT2D eigenvalue weighted by atomic mass is 10.1. The van der Waals surface area contributed by atoms with Crippen molar-refractivity contribution < 1.29 is 13.6 Å². The molecule has 9 nitrogen and oxygen atoms in total. The molecule has 142 valence electrons. The van der Waals surface area contributed by atoms with Crippen molar-refractivity contribution in [1.29, 1.82) is 0 Å². The number of aromatic nitrogens is 4. The Morgan fingerprint density at radius 2 is 1.93 bits per heavy atom. The highest BCUT2D eigenvalue weighted by atomic mass is 32.1. The zero-order valence-corrected chi connectivity index (χ0v) is 15.5. The third-order valence-corrected chi connectivity index (χ3v) is 4.98. The molecule has 0 radical (unpaired) electrons. The van der Waals surface area contributed by atoms with E-state index in [2.05, 4.69) is 25.5 Å². The molecule has 0 saturated carbocycles. The number of nitrogen functional groups attached to an aromatic ring is 1. The molecule has 0 unspecified atom stereocenters. The Kier molecular flexibility index (Phi) is 4.03. The number of pyridine rings is 1. The van der Waals surface area contributed by atoms with Crippen LogP contribution >= 0.6 is 11.3 Å². The van der Waals surface area contributed by atoms with Crippen molar-refractivity contribution in [2.45, 2.75) is 0 Å². The van der Waals surface area contributed by atoms with E-state index >= 15 is 0 Å². The maximum absolute atomic E-state index is 13.0.